The Hall–Kier alpha value is -1.30. The van der Waals surface area contributed by atoms with Crippen molar-refractivity contribution in [1.82, 2.24) is 9.80 Å². The fourth-order valence-electron chi connectivity index (χ4n) is 2.81. The number of benzene rings is 1. The molecule has 1 fully saturated rings. The molecule has 1 aromatic rings. The van der Waals surface area contributed by atoms with Crippen molar-refractivity contribution in [1.29, 1.82) is 0 Å². The molecule has 0 spiro atoms. The molecule has 0 radical (unpaired) electrons. The highest BCUT2D eigenvalue weighted by molar-refractivity contribution is 6.32. The number of likely N-dealkylation sites (N-methyl/N-ethyl adjacent to an activating group) is 1. The standard InChI is InChI=1S/C16H23ClN2O3/c1-3-18-7-9-19(10-8-18)15(16(20)21)12-5-6-14(22-4-2)13(17)11-12/h5-6,11,15H,3-4,7-10H2,1-2H3,(H,20,21). The van der Waals surface area contributed by atoms with Gasteiger partial charge in [0.1, 0.15) is 11.8 Å². The first kappa shape index (κ1) is 17.1. The van der Waals surface area contributed by atoms with Crippen molar-refractivity contribution in [3.05, 3.63) is 28.8 Å². The first-order chi connectivity index (χ1) is 10.6. The summed E-state index contributed by atoms with van der Waals surface area (Å²) in [7, 11) is 0. The average Bonchev–Trinajstić information content (AvgIpc) is 2.50. The maximum absolute atomic E-state index is 11.7. The maximum atomic E-state index is 11.7. The zero-order valence-corrected chi connectivity index (χ0v) is 13.8. The van der Waals surface area contributed by atoms with Crippen molar-refractivity contribution in [3.63, 3.8) is 0 Å². The van der Waals surface area contributed by atoms with Gasteiger partial charge in [-0.05, 0) is 31.2 Å². The predicted octanol–water partition coefficient (Wildman–Crippen LogP) is 2.50. The second-order valence-electron chi connectivity index (χ2n) is 5.33. The van der Waals surface area contributed by atoms with Crippen LogP contribution in [0.1, 0.15) is 25.5 Å². The average molecular weight is 327 g/mol. The van der Waals surface area contributed by atoms with Gasteiger partial charge in [0, 0.05) is 26.2 Å². The molecule has 0 saturated carbocycles. The SMILES string of the molecule is CCOc1ccc(C(C(=O)O)N2CCN(CC)CC2)cc1Cl. The van der Waals surface area contributed by atoms with E-state index in [0.717, 1.165) is 32.7 Å². The fraction of sp³-hybridized carbons (Fsp3) is 0.562. The molecule has 1 aliphatic heterocycles. The highest BCUT2D eigenvalue weighted by Gasteiger charge is 2.30. The third-order valence-electron chi connectivity index (χ3n) is 4.02. The van der Waals surface area contributed by atoms with Crippen molar-refractivity contribution in [3.8, 4) is 5.75 Å². The van der Waals surface area contributed by atoms with Gasteiger partial charge in [-0.3, -0.25) is 9.69 Å². The number of carboxylic acids is 1. The summed E-state index contributed by atoms with van der Waals surface area (Å²) in [6, 6.07) is 4.59. The molecule has 0 aliphatic carbocycles. The van der Waals surface area contributed by atoms with Gasteiger partial charge in [-0.1, -0.05) is 24.6 Å². The second kappa shape index (κ2) is 7.81. The van der Waals surface area contributed by atoms with Gasteiger partial charge >= 0.3 is 5.97 Å². The summed E-state index contributed by atoms with van der Waals surface area (Å²) in [5, 5.41) is 10.1. The van der Waals surface area contributed by atoms with E-state index < -0.39 is 12.0 Å². The van der Waals surface area contributed by atoms with Crippen LogP contribution in [0.4, 0.5) is 0 Å². The number of rotatable bonds is 6. The quantitative estimate of drug-likeness (QED) is 0.870. The van der Waals surface area contributed by atoms with Crippen LogP contribution in [0.5, 0.6) is 5.75 Å². The van der Waals surface area contributed by atoms with Crippen molar-refractivity contribution in [2.24, 2.45) is 0 Å². The van der Waals surface area contributed by atoms with Crippen molar-refractivity contribution >= 4 is 17.6 Å². The largest absolute Gasteiger partial charge is 0.492 e. The summed E-state index contributed by atoms with van der Waals surface area (Å²) in [5.74, 6) is -0.252. The molecule has 0 aromatic heterocycles. The van der Waals surface area contributed by atoms with E-state index in [4.69, 9.17) is 16.3 Å². The highest BCUT2D eigenvalue weighted by Crippen LogP contribution is 2.31. The van der Waals surface area contributed by atoms with E-state index in [9.17, 15) is 9.90 Å². The molecule has 0 amide bonds. The van der Waals surface area contributed by atoms with Gasteiger partial charge in [-0.25, -0.2) is 0 Å². The molecular formula is C16H23ClN2O3. The number of ether oxygens (including phenoxy) is 1. The number of carbonyl (C=O) groups is 1. The van der Waals surface area contributed by atoms with Gasteiger partial charge < -0.3 is 14.7 Å². The normalized spacial score (nSPS) is 18.1. The molecule has 1 saturated heterocycles. The van der Waals surface area contributed by atoms with Crippen LogP contribution in [-0.4, -0.2) is 60.2 Å². The molecule has 1 atom stereocenters. The van der Waals surface area contributed by atoms with Crippen LogP contribution in [0.2, 0.25) is 5.02 Å². The lowest BCUT2D eigenvalue weighted by molar-refractivity contribution is -0.144. The minimum absolute atomic E-state index is 0.456. The molecule has 0 bridgehead atoms. The van der Waals surface area contributed by atoms with Crippen LogP contribution < -0.4 is 4.74 Å². The minimum Gasteiger partial charge on any atom is -0.492 e. The van der Waals surface area contributed by atoms with Crippen LogP contribution >= 0.6 is 11.6 Å². The van der Waals surface area contributed by atoms with E-state index in [2.05, 4.69) is 11.8 Å². The molecule has 1 aliphatic rings. The molecule has 1 unspecified atom stereocenters. The number of carboxylic acid groups (broad SMARTS) is 1. The summed E-state index contributed by atoms with van der Waals surface area (Å²) in [5.41, 5.74) is 0.700. The number of piperazine rings is 1. The molecule has 6 heteroatoms. The summed E-state index contributed by atoms with van der Waals surface area (Å²) in [6.07, 6.45) is 0. The van der Waals surface area contributed by atoms with Crippen LogP contribution in [0.25, 0.3) is 0 Å². The molecule has 1 aromatic carbocycles. The summed E-state index contributed by atoms with van der Waals surface area (Å²) in [4.78, 5) is 16.1. The summed E-state index contributed by atoms with van der Waals surface area (Å²) >= 11 is 6.20. The Morgan fingerprint density at radius 1 is 1.32 bits per heavy atom. The number of halogens is 1. The molecule has 22 heavy (non-hydrogen) atoms. The molecule has 1 N–H and O–H groups in total. The third kappa shape index (κ3) is 3.91. The zero-order chi connectivity index (χ0) is 16.1. The van der Waals surface area contributed by atoms with Gasteiger partial charge in [-0.15, -0.1) is 0 Å². The third-order valence-corrected chi connectivity index (χ3v) is 4.32. The zero-order valence-electron chi connectivity index (χ0n) is 13.1. The fourth-order valence-corrected chi connectivity index (χ4v) is 3.05. The monoisotopic (exact) mass is 326 g/mol. The van der Waals surface area contributed by atoms with Crippen LogP contribution in [0.15, 0.2) is 18.2 Å². The topological polar surface area (TPSA) is 53.0 Å². The lowest BCUT2D eigenvalue weighted by atomic mass is 10.0. The van der Waals surface area contributed by atoms with Crippen LogP contribution in [-0.2, 0) is 4.79 Å². The summed E-state index contributed by atoms with van der Waals surface area (Å²) < 4.78 is 5.41. The van der Waals surface area contributed by atoms with Gasteiger partial charge in [0.05, 0.1) is 11.6 Å². The van der Waals surface area contributed by atoms with Crippen LogP contribution in [0, 0.1) is 0 Å². The van der Waals surface area contributed by atoms with Crippen molar-refractivity contribution in [2.45, 2.75) is 19.9 Å². The van der Waals surface area contributed by atoms with E-state index in [-0.39, 0.29) is 0 Å². The number of hydrogen-bond acceptors (Lipinski definition) is 4. The molecular weight excluding hydrogens is 304 g/mol. The Bertz CT molecular complexity index is 516. The lowest BCUT2D eigenvalue weighted by Crippen LogP contribution is -2.49. The molecule has 1 heterocycles. The summed E-state index contributed by atoms with van der Waals surface area (Å²) in [6.45, 7) is 8.82. The van der Waals surface area contributed by atoms with Gasteiger partial charge in [-0.2, -0.15) is 0 Å². The van der Waals surface area contributed by atoms with E-state index in [1.54, 1.807) is 18.2 Å². The Balaban J connectivity index is 2.18. The van der Waals surface area contributed by atoms with E-state index in [0.29, 0.717) is 22.9 Å². The van der Waals surface area contributed by atoms with E-state index in [1.807, 2.05) is 11.8 Å². The van der Waals surface area contributed by atoms with Gasteiger partial charge in [0.15, 0.2) is 0 Å². The Kier molecular flexibility index (Phi) is 6.06. The van der Waals surface area contributed by atoms with Gasteiger partial charge in [0.25, 0.3) is 0 Å². The van der Waals surface area contributed by atoms with E-state index in [1.165, 1.54) is 0 Å². The predicted molar refractivity (Wildman–Crippen MR) is 86.7 cm³/mol. The van der Waals surface area contributed by atoms with Crippen molar-refractivity contribution in [2.75, 3.05) is 39.3 Å². The first-order valence-corrected chi connectivity index (χ1v) is 8.06. The number of hydrogen-bond donors (Lipinski definition) is 1. The Labute approximate surface area is 136 Å². The smallest absolute Gasteiger partial charge is 0.325 e. The van der Waals surface area contributed by atoms with Crippen LogP contribution in [0.3, 0.4) is 0 Å². The van der Waals surface area contributed by atoms with Crippen molar-refractivity contribution < 1.29 is 14.6 Å². The number of nitrogens with zero attached hydrogens (tertiary/aromatic N) is 2. The molecule has 5 nitrogen and oxygen atoms in total. The Morgan fingerprint density at radius 3 is 2.50 bits per heavy atom. The highest BCUT2D eigenvalue weighted by atomic mass is 35.5. The number of aliphatic carboxylic acids is 1. The second-order valence-corrected chi connectivity index (χ2v) is 5.74. The van der Waals surface area contributed by atoms with Gasteiger partial charge in [0.2, 0.25) is 0 Å². The minimum atomic E-state index is -0.842. The van der Waals surface area contributed by atoms with E-state index >= 15 is 0 Å². The maximum Gasteiger partial charge on any atom is 0.325 e. The molecule has 2 rings (SSSR count). The molecule has 122 valence electrons. The lowest BCUT2D eigenvalue weighted by Gasteiger charge is -2.37. The first-order valence-electron chi connectivity index (χ1n) is 7.68. The Morgan fingerprint density at radius 2 is 2.00 bits per heavy atom.